The van der Waals surface area contributed by atoms with Crippen LogP contribution in [0.1, 0.15) is 43.5 Å². The summed E-state index contributed by atoms with van der Waals surface area (Å²) in [6.45, 7) is 6.21. The average molecular weight is 290 g/mol. The van der Waals surface area contributed by atoms with E-state index < -0.39 is 0 Å². The minimum Gasteiger partial charge on any atom is -0.493 e. The fourth-order valence-electron chi connectivity index (χ4n) is 2.66. The Morgan fingerprint density at radius 1 is 1.43 bits per heavy atom. The number of hydrogen-bond donors (Lipinski definition) is 1. The van der Waals surface area contributed by atoms with Crippen molar-refractivity contribution in [2.45, 2.75) is 39.2 Å². The van der Waals surface area contributed by atoms with Crippen LogP contribution in [0.3, 0.4) is 0 Å². The molecule has 0 bridgehead atoms. The highest BCUT2D eigenvalue weighted by atomic mass is 16.5. The van der Waals surface area contributed by atoms with Crippen molar-refractivity contribution in [3.05, 3.63) is 29.8 Å². The van der Waals surface area contributed by atoms with Crippen LogP contribution in [0.2, 0.25) is 0 Å². The highest BCUT2D eigenvalue weighted by Gasteiger charge is 2.26. The molecule has 1 aromatic carbocycles. The summed E-state index contributed by atoms with van der Waals surface area (Å²) in [4.78, 5) is 14.6. The first kappa shape index (κ1) is 15.8. The number of ether oxygens (including phenoxy) is 1. The van der Waals surface area contributed by atoms with E-state index in [2.05, 4.69) is 13.8 Å². The Kier molecular flexibility index (Phi) is 5.62. The summed E-state index contributed by atoms with van der Waals surface area (Å²) >= 11 is 0. The Balaban J connectivity index is 2.09. The normalized spacial score (nSPS) is 18.9. The van der Waals surface area contributed by atoms with E-state index in [0.29, 0.717) is 24.6 Å². The van der Waals surface area contributed by atoms with E-state index in [1.165, 1.54) is 0 Å². The monoisotopic (exact) mass is 290 g/mol. The van der Waals surface area contributed by atoms with Gasteiger partial charge in [-0.2, -0.15) is 0 Å². The molecule has 1 atom stereocenters. The van der Waals surface area contributed by atoms with Gasteiger partial charge in [0, 0.05) is 24.7 Å². The maximum atomic E-state index is 12.7. The van der Waals surface area contributed by atoms with Gasteiger partial charge in [-0.25, -0.2) is 0 Å². The van der Waals surface area contributed by atoms with Gasteiger partial charge < -0.3 is 15.4 Å². The van der Waals surface area contributed by atoms with E-state index in [4.69, 9.17) is 10.5 Å². The number of benzene rings is 1. The molecular weight excluding hydrogens is 264 g/mol. The molecule has 116 valence electrons. The zero-order chi connectivity index (χ0) is 15.2. The Labute approximate surface area is 127 Å². The summed E-state index contributed by atoms with van der Waals surface area (Å²) in [6.07, 6.45) is 3.22. The minimum atomic E-state index is 0.0696. The van der Waals surface area contributed by atoms with Gasteiger partial charge in [0.25, 0.3) is 5.91 Å². The van der Waals surface area contributed by atoms with E-state index in [1.807, 2.05) is 29.2 Å². The molecule has 1 unspecified atom stereocenters. The van der Waals surface area contributed by atoms with Gasteiger partial charge in [0.15, 0.2) is 0 Å². The van der Waals surface area contributed by atoms with Crippen LogP contribution < -0.4 is 10.5 Å². The first-order chi connectivity index (χ1) is 10.1. The summed E-state index contributed by atoms with van der Waals surface area (Å²) in [5.74, 6) is 1.30. The number of nitrogens with two attached hydrogens (primary N) is 1. The molecule has 1 aliphatic rings. The van der Waals surface area contributed by atoms with Gasteiger partial charge >= 0.3 is 0 Å². The molecule has 0 radical (unpaired) electrons. The standard InChI is InChI=1S/C17H26N2O2/c1-13(2)12-21-16-8-5-6-14(10-16)17(20)19-9-4-3-7-15(19)11-18/h5-6,8,10,13,15H,3-4,7,9,11-12,18H2,1-2H3. The number of likely N-dealkylation sites (tertiary alicyclic amines) is 1. The molecule has 0 aromatic heterocycles. The lowest BCUT2D eigenvalue weighted by atomic mass is 10.0. The Morgan fingerprint density at radius 2 is 2.24 bits per heavy atom. The van der Waals surface area contributed by atoms with Crippen molar-refractivity contribution in [3.63, 3.8) is 0 Å². The predicted molar refractivity (Wildman–Crippen MR) is 84.5 cm³/mol. The number of carbonyl (C=O) groups excluding carboxylic acids is 1. The quantitative estimate of drug-likeness (QED) is 0.907. The number of hydrogen-bond acceptors (Lipinski definition) is 3. The van der Waals surface area contributed by atoms with Gasteiger partial charge in [-0.05, 0) is 43.4 Å². The molecular formula is C17H26N2O2. The van der Waals surface area contributed by atoms with E-state index in [0.717, 1.165) is 31.6 Å². The lowest BCUT2D eigenvalue weighted by Crippen LogP contribution is -2.47. The van der Waals surface area contributed by atoms with Gasteiger partial charge in [0.2, 0.25) is 0 Å². The Morgan fingerprint density at radius 3 is 2.95 bits per heavy atom. The second-order valence-corrected chi connectivity index (χ2v) is 6.12. The molecule has 2 rings (SSSR count). The van der Waals surface area contributed by atoms with Crippen molar-refractivity contribution >= 4 is 5.91 Å². The Hall–Kier alpha value is -1.55. The van der Waals surface area contributed by atoms with Gasteiger partial charge in [-0.15, -0.1) is 0 Å². The van der Waals surface area contributed by atoms with E-state index in [1.54, 1.807) is 0 Å². The van der Waals surface area contributed by atoms with E-state index in [-0.39, 0.29) is 11.9 Å². The lowest BCUT2D eigenvalue weighted by Gasteiger charge is -2.35. The third kappa shape index (κ3) is 4.21. The highest BCUT2D eigenvalue weighted by molar-refractivity contribution is 5.94. The molecule has 21 heavy (non-hydrogen) atoms. The smallest absolute Gasteiger partial charge is 0.254 e. The number of carbonyl (C=O) groups is 1. The molecule has 0 saturated carbocycles. The molecule has 2 N–H and O–H groups in total. The topological polar surface area (TPSA) is 55.6 Å². The minimum absolute atomic E-state index is 0.0696. The molecule has 1 heterocycles. The van der Waals surface area contributed by atoms with E-state index in [9.17, 15) is 4.79 Å². The molecule has 4 nitrogen and oxygen atoms in total. The molecule has 1 aliphatic heterocycles. The maximum Gasteiger partial charge on any atom is 0.254 e. The second kappa shape index (κ2) is 7.46. The van der Waals surface area contributed by atoms with Crippen molar-refractivity contribution in [2.75, 3.05) is 19.7 Å². The summed E-state index contributed by atoms with van der Waals surface area (Å²) in [5, 5.41) is 0. The van der Waals surface area contributed by atoms with Gasteiger partial charge in [0.05, 0.1) is 6.61 Å². The maximum absolute atomic E-state index is 12.7. The largest absolute Gasteiger partial charge is 0.493 e. The first-order valence-electron chi connectivity index (χ1n) is 7.85. The second-order valence-electron chi connectivity index (χ2n) is 6.12. The van der Waals surface area contributed by atoms with Crippen molar-refractivity contribution in [2.24, 2.45) is 11.7 Å². The summed E-state index contributed by atoms with van der Waals surface area (Å²) in [6, 6.07) is 7.64. The van der Waals surface area contributed by atoms with Crippen LogP contribution in [0, 0.1) is 5.92 Å². The molecule has 0 aliphatic carbocycles. The summed E-state index contributed by atoms with van der Waals surface area (Å²) < 4.78 is 5.70. The molecule has 1 aromatic rings. The van der Waals surface area contributed by atoms with Crippen LogP contribution in [0.25, 0.3) is 0 Å². The fraction of sp³-hybridized carbons (Fsp3) is 0.588. The highest BCUT2D eigenvalue weighted by Crippen LogP contribution is 2.21. The number of piperidine rings is 1. The zero-order valence-electron chi connectivity index (χ0n) is 13.0. The number of nitrogens with zero attached hydrogens (tertiary/aromatic N) is 1. The van der Waals surface area contributed by atoms with Crippen LogP contribution in [0.5, 0.6) is 5.75 Å². The van der Waals surface area contributed by atoms with Crippen molar-refractivity contribution in [3.8, 4) is 5.75 Å². The third-order valence-electron chi connectivity index (χ3n) is 3.82. The van der Waals surface area contributed by atoms with Gasteiger partial charge in [-0.3, -0.25) is 4.79 Å². The van der Waals surface area contributed by atoms with E-state index >= 15 is 0 Å². The average Bonchev–Trinajstić information content (AvgIpc) is 2.52. The van der Waals surface area contributed by atoms with Crippen LogP contribution in [-0.2, 0) is 0 Å². The van der Waals surface area contributed by atoms with Crippen LogP contribution in [-0.4, -0.2) is 36.5 Å². The van der Waals surface area contributed by atoms with Gasteiger partial charge in [0.1, 0.15) is 5.75 Å². The first-order valence-corrected chi connectivity index (χ1v) is 7.85. The number of amides is 1. The van der Waals surface area contributed by atoms with Gasteiger partial charge in [-0.1, -0.05) is 19.9 Å². The lowest BCUT2D eigenvalue weighted by molar-refractivity contribution is 0.0623. The van der Waals surface area contributed by atoms with Crippen LogP contribution in [0.4, 0.5) is 0 Å². The Bertz CT molecular complexity index is 474. The molecule has 4 heteroatoms. The zero-order valence-corrected chi connectivity index (χ0v) is 13.0. The number of rotatable bonds is 5. The third-order valence-corrected chi connectivity index (χ3v) is 3.82. The predicted octanol–water partition coefficient (Wildman–Crippen LogP) is 2.67. The SMILES string of the molecule is CC(C)COc1cccc(C(=O)N2CCCCC2CN)c1. The summed E-state index contributed by atoms with van der Waals surface area (Å²) in [5.41, 5.74) is 6.49. The fourth-order valence-corrected chi connectivity index (χ4v) is 2.66. The van der Waals surface area contributed by atoms with Crippen LogP contribution in [0.15, 0.2) is 24.3 Å². The molecule has 1 amide bonds. The molecule has 0 spiro atoms. The van der Waals surface area contributed by atoms with Crippen molar-refractivity contribution in [1.82, 2.24) is 4.90 Å². The molecule has 1 saturated heterocycles. The van der Waals surface area contributed by atoms with Crippen LogP contribution >= 0.6 is 0 Å². The van der Waals surface area contributed by atoms with Crippen molar-refractivity contribution in [1.29, 1.82) is 0 Å². The molecule has 1 fully saturated rings. The van der Waals surface area contributed by atoms with Crippen molar-refractivity contribution < 1.29 is 9.53 Å². The summed E-state index contributed by atoms with van der Waals surface area (Å²) in [7, 11) is 0.